The smallest absolute Gasteiger partial charge is 0.274 e. The Morgan fingerprint density at radius 2 is 0.643 bits per heavy atom. The maximum Gasteiger partial charge on any atom is 0.274 e. The van der Waals surface area contributed by atoms with E-state index in [2.05, 4.69) is 201 Å². The van der Waals surface area contributed by atoms with E-state index in [0.29, 0.717) is 123 Å². The second kappa shape index (κ2) is 50.0. The van der Waals surface area contributed by atoms with Crippen molar-refractivity contribution >= 4 is 157 Å². The van der Waals surface area contributed by atoms with Crippen molar-refractivity contribution in [3.63, 3.8) is 0 Å². The molecule has 0 spiro atoms. The fourth-order valence-corrected chi connectivity index (χ4v) is 20.9. The number of aryl methyl sites for hydroxylation is 4. The Hall–Kier alpha value is -11.3. The zero-order valence-corrected chi connectivity index (χ0v) is 89.6. The summed E-state index contributed by atoms with van der Waals surface area (Å²) in [7, 11) is 1.98. The van der Waals surface area contributed by atoms with E-state index in [1.807, 2.05) is 143 Å². The van der Waals surface area contributed by atoms with Gasteiger partial charge in [0.25, 0.3) is 35.4 Å². The molecule has 6 aromatic heterocycles. The number of nitrogen functional groups attached to an aromatic ring is 1. The van der Waals surface area contributed by atoms with Crippen LogP contribution in [0, 0.1) is 63.2 Å². The van der Waals surface area contributed by atoms with Gasteiger partial charge in [-0.25, -0.2) is 0 Å². The molecule has 8 heterocycles. The quantitative estimate of drug-likeness (QED) is 0.0182. The molecule has 12 aromatic rings. The summed E-state index contributed by atoms with van der Waals surface area (Å²) in [5, 5.41) is 46.2. The number of H-pyrrole nitrogens is 6. The summed E-state index contributed by atoms with van der Waals surface area (Å²) in [4.78, 5) is 97.8. The van der Waals surface area contributed by atoms with E-state index in [-0.39, 0.29) is 35.4 Å². The van der Waals surface area contributed by atoms with Crippen LogP contribution < -0.4 is 11.1 Å². The first-order chi connectivity index (χ1) is 69.2. The van der Waals surface area contributed by atoms with E-state index < -0.39 is 0 Å². The summed E-state index contributed by atoms with van der Waals surface area (Å²) in [5.74, 6) is 3.45. The van der Waals surface area contributed by atoms with Crippen LogP contribution >= 0.6 is 86.9 Å². The molecule has 0 atom stereocenters. The van der Waals surface area contributed by atoms with Gasteiger partial charge in [0.2, 0.25) is 0 Å². The van der Waals surface area contributed by atoms with Crippen molar-refractivity contribution < 1.29 is 28.8 Å². The number of hydrogen-bond donors (Lipinski definition) is 8. The van der Waals surface area contributed by atoms with Gasteiger partial charge in [-0.15, -0.1) is 0 Å². The Balaban J connectivity index is 0.000000123. The number of fused-ring (bicyclic) bond motifs is 3. The van der Waals surface area contributed by atoms with Crippen LogP contribution in [0.25, 0.3) is 5.57 Å². The van der Waals surface area contributed by atoms with Gasteiger partial charge in [-0.05, 0) is 320 Å². The Kier molecular flexibility index (Phi) is 36.6. The lowest BCUT2D eigenvalue weighted by Crippen LogP contribution is -2.37. The van der Waals surface area contributed by atoms with Gasteiger partial charge in [-0.2, -0.15) is 30.6 Å². The number of aromatic nitrogens is 12. The van der Waals surface area contributed by atoms with Crippen LogP contribution in [0.2, 0.25) is 10.0 Å². The Morgan fingerprint density at radius 3 is 0.937 bits per heavy atom. The minimum Gasteiger partial charge on any atom is -0.398 e. The first kappa shape index (κ1) is 105. The number of amides is 6. The normalized spacial score (nSPS) is 15.3. The average Bonchev–Trinajstić information content (AvgIpc) is 1.65. The number of carbonyl (C=O) groups is 6. The van der Waals surface area contributed by atoms with Crippen LogP contribution in [0.1, 0.15) is 257 Å². The minimum atomic E-state index is -0.0597. The number of hydrogen-bond acceptors (Lipinski definition) is 16. The van der Waals surface area contributed by atoms with Crippen LogP contribution in [-0.4, -0.2) is 191 Å². The van der Waals surface area contributed by atoms with Crippen molar-refractivity contribution in [2.24, 2.45) is 45.5 Å². The molecule has 6 amide bonds. The van der Waals surface area contributed by atoms with Gasteiger partial charge in [0.15, 0.2) is 22.8 Å². The van der Waals surface area contributed by atoms with E-state index >= 15 is 0 Å². The van der Waals surface area contributed by atoms with E-state index in [1.165, 1.54) is 149 Å². The number of likely N-dealkylation sites (N-methyl/N-ethyl adjacent to an activating group) is 1. The predicted octanol–water partition coefficient (Wildman–Crippen LogP) is 23.0. The molecule has 750 valence electrons. The predicted molar refractivity (Wildman–Crippen MR) is 576 cm³/mol. The second-order valence-electron chi connectivity index (χ2n) is 39.4. The number of nitrogens with one attached hydrogen (secondary N) is 7. The van der Waals surface area contributed by atoms with E-state index in [0.717, 1.165) is 147 Å². The molecule has 21 rings (SSSR count). The Morgan fingerprint density at radius 1 is 0.350 bits per heavy atom. The molecule has 6 fully saturated rings. The zero-order chi connectivity index (χ0) is 100. The Labute approximate surface area is 879 Å². The lowest BCUT2D eigenvalue weighted by molar-refractivity contribution is 0.0667. The molecule has 143 heavy (non-hydrogen) atoms. The number of nitrogens with zero attached hydrogens (tertiary/aromatic N) is 14. The molecule has 0 radical (unpaired) electrons. The zero-order valence-electron chi connectivity index (χ0n) is 81.7. The maximum absolute atomic E-state index is 13.1. The number of halogens is 6. The number of benzene rings is 6. The number of carbonyl (C=O) groups excluding carboxylic acids is 6. The first-order valence-electron chi connectivity index (χ1n) is 49.9. The number of aromatic amines is 6. The van der Waals surface area contributed by atoms with Crippen LogP contribution in [0.4, 0.5) is 17.1 Å². The molecule has 9 N–H and O–H groups in total. The van der Waals surface area contributed by atoms with Crippen LogP contribution in [0.15, 0.2) is 186 Å². The molecule has 34 heteroatoms. The van der Waals surface area contributed by atoms with E-state index in [1.54, 1.807) is 30.3 Å². The lowest BCUT2D eigenvalue weighted by atomic mass is 9.85. The summed E-state index contributed by atoms with van der Waals surface area (Å²) >= 11 is 26.0. The van der Waals surface area contributed by atoms with Crippen LogP contribution in [-0.2, 0) is 58.5 Å². The third-order valence-corrected chi connectivity index (χ3v) is 30.8. The topological polar surface area (TPSA) is 357 Å². The highest BCUT2D eigenvalue weighted by atomic mass is 79.9. The monoisotopic (exact) mass is 2220 g/mol. The van der Waals surface area contributed by atoms with Crippen molar-refractivity contribution in [3.8, 4) is 0 Å². The molecular weight excluding hydrogens is 2100 g/mol. The molecule has 6 aromatic carbocycles. The maximum atomic E-state index is 13.1. The average molecular weight is 2230 g/mol. The van der Waals surface area contributed by atoms with Crippen LogP contribution in [0.5, 0.6) is 0 Å². The van der Waals surface area contributed by atoms with Gasteiger partial charge in [-0.1, -0.05) is 165 Å². The van der Waals surface area contributed by atoms with Crippen molar-refractivity contribution in [3.05, 3.63) is 299 Å². The standard InChI is InChI=1S/C21H25BrN4O.C19H22N4O.C18H19BrN4O.C18H22ClN3O.C17H19BrClN3O.C16H19BrN4O/c1-23-11-16-9-8-15-6-3-7-17(20(15)16)13-26(12-14-4-2-5-14)21(27)18-10-19(22)25-24-18;1-13-10-17(22-21-13)19(24)23(11-14-4-2-5-14)12-16-7-3-6-15-8-9-20-18(15)16;19-16-9-15(21-22-16)18(24)23(10-12-3-1-4-12)11-14-6-2-5-13-7-8-20-17(13)14;1-12-6-7-15(16(19)8-12)11-22(10-14-4-3-5-14)18(23)17-9-13(2)20-21-17;1-11-5-6-13(14(19)7-11)10-22(9-12-3-2-4-12)17(23)15-8-16(18)21-20-15;17-15-8-14(19-20-15)16(22)21(9-11-4-3-5-11)10-12-6-1-2-7-13(12)18/h3,6-7,9-10,14,23H,2,4-5,8,11-13H2,1H3,(H,24,25);3,6-7,9-10,14H,2,4-5,8,11-12H2,1H3,(H,21,22);2,5-6,8-9,12H,1,3-4,7,10-11H2,(H,21,22);6-9,14H,3-5,10-11H2,1-2H3,(H,20,21);5-8,12H,2-4,9-10H2,1H3,(H,20,21);1-2,6-8,11H,3-5,9-10,18H2,(H,19,20). The van der Waals surface area contributed by atoms with E-state index in [4.69, 9.17) is 28.9 Å². The molecule has 9 aliphatic rings. The molecule has 28 nitrogen and oxygen atoms in total. The summed E-state index contributed by atoms with van der Waals surface area (Å²) in [6, 6.07) is 49.2. The van der Waals surface area contributed by atoms with Gasteiger partial charge in [0.1, 0.15) is 29.8 Å². The fourth-order valence-electron chi connectivity index (χ4n) is 19.1. The molecule has 6 saturated carbocycles. The molecule has 0 bridgehead atoms. The minimum absolute atomic E-state index is 0.00130. The number of rotatable bonds is 32. The van der Waals surface area contributed by atoms with Crippen LogP contribution in [0.3, 0.4) is 0 Å². The van der Waals surface area contributed by atoms with Gasteiger partial charge in [0, 0.05) is 162 Å². The number of allylic oxidation sites excluding steroid dienone is 1. The van der Waals surface area contributed by atoms with Crippen molar-refractivity contribution in [1.82, 2.24) is 95.9 Å². The molecule has 2 aliphatic heterocycles. The SMILES string of the molecule is CNCC1=CCc2cccc(CN(CC3CCC3)C(=O)c3cc(Br)[nH]n3)c21.Cc1cc(C(=O)N(Cc2cccc3c2N=CC3)CC2CCC2)n[nH]1.Cc1ccc(CN(CC2CCC2)C(=O)c2cc(Br)[nH]n2)c(Cl)c1.Cc1ccc(CN(CC2CCC2)C(=O)c2cc(C)[nH]n2)c(Cl)c1.Nc1ccccc1CN(CC1CCC1)C(=O)c1cc(Br)[nH]n1.O=C(c1cc(Br)[nH]n1)N(Cc1cccc2c1N=CC2)CC1CCC1. The largest absolute Gasteiger partial charge is 0.398 e. The highest BCUT2D eigenvalue weighted by Crippen LogP contribution is 2.40. The number of para-hydroxylation sites is 3. The summed E-state index contributed by atoms with van der Waals surface area (Å²) in [6.45, 7) is 16.8. The summed E-state index contributed by atoms with van der Waals surface area (Å²) in [5.41, 5.74) is 28.5. The van der Waals surface area contributed by atoms with Gasteiger partial charge < -0.3 is 40.4 Å². The molecule has 0 unspecified atom stereocenters. The third-order valence-electron chi connectivity index (χ3n) is 28.5. The molecule has 0 saturated heterocycles. The van der Waals surface area contributed by atoms with Gasteiger partial charge in [-0.3, -0.25) is 69.3 Å². The fraction of sp³-hybridized carbons (Fsp3) is 0.413. The summed E-state index contributed by atoms with van der Waals surface area (Å²) in [6.07, 6.45) is 31.0. The number of aliphatic imine (C=N–C) groups is 2. The molecule has 7 aliphatic carbocycles. The van der Waals surface area contributed by atoms with E-state index in [9.17, 15) is 28.8 Å². The second-order valence-corrected chi connectivity index (χ2v) is 43.6. The van der Waals surface area contributed by atoms with Crippen molar-refractivity contribution in [1.29, 1.82) is 0 Å². The van der Waals surface area contributed by atoms with Crippen molar-refractivity contribution in [2.75, 3.05) is 58.6 Å². The number of nitrogens with two attached hydrogens (primary N) is 1. The summed E-state index contributed by atoms with van der Waals surface area (Å²) < 4.78 is 2.87. The lowest BCUT2D eigenvalue weighted by Gasteiger charge is -2.32. The first-order valence-corrected chi connectivity index (χ1v) is 53.9. The van der Waals surface area contributed by atoms with Gasteiger partial charge in [0.05, 0.1) is 11.4 Å². The Bertz CT molecular complexity index is 6270. The highest BCUT2D eigenvalue weighted by molar-refractivity contribution is 9.11. The number of anilines is 1. The third kappa shape index (κ3) is 28.1. The van der Waals surface area contributed by atoms with Crippen molar-refractivity contribution in [2.45, 2.75) is 202 Å². The van der Waals surface area contributed by atoms with Gasteiger partial charge >= 0.3 is 0 Å². The molecular formula is C109H126Br4Cl2N22O6. The highest BCUT2D eigenvalue weighted by Gasteiger charge is 2.35.